The lowest BCUT2D eigenvalue weighted by Gasteiger charge is -2.22. The molecule has 17 heavy (non-hydrogen) atoms. The molecule has 5 heteroatoms. The van der Waals surface area contributed by atoms with Crippen molar-refractivity contribution < 1.29 is 9.50 Å². The molecule has 0 aromatic carbocycles. The van der Waals surface area contributed by atoms with Crippen LogP contribution in [0.2, 0.25) is 0 Å². The monoisotopic (exact) mass is 350 g/mol. The molecule has 0 aliphatic heterocycles. The zero-order valence-corrected chi connectivity index (χ0v) is 11.7. The van der Waals surface area contributed by atoms with Crippen LogP contribution in [0.15, 0.2) is 12.3 Å². The smallest absolute Gasteiger partial charge is 0.218 e. The van der Waals surface area contributed by atoms with Crippen molar-refractivity contribution in [3.05, 3.63) is 27.3 Å². The Hall–Kier alpha value is -0.270. The average Bonchev–Trinajstić information content (AvgIpc) is 2.70. The Balaban J connectivity index is 1.90. The fraction of sp³-hybridized carbons (Fsp3) is 0.583. The average molecular weight is 350 g/mol. The predicted octanol–water partition coefficient (Wildman–Crippen LogP) is 2.22. The zero-order chi connectivity index (χ0) is 12.3. The van der Waals surface area contributed by atoms with Crippen LogP contribution in [-0.4, -0.2) is 22.2 Å². The van der Waals surface area contributed by atoms with Crippen molar-refractivity contribution in [1.82, 2.24) is 10.3 Å². The number of hydrogen-bond donors (Lipinski definition) is 2. The van der Waals surface area contributed by atoms with Gasteiger partial charge in [-0.3, -0.25) is 0 Å². The maximum absolute atomic E-state index is 13.4. The summed E-state index contributed by atoms with van der Waals surface area (Å²) >= 11 is 2.10. The number of aromatic nitrogens is 1. The second-order valence-corrected chi connectivity index (χ2v) is 5.76. The van der Waals surface area contributed by atoms with E-state index < -0.39 is 11.5 Å². The number of nitrogens with zero attached hydrogens (tertiary/aromatic N) is 1. The molecule has 0 spiro atoms. The lowest BCUT2D eigenvalue weighted by atomic mass is 10.0. The summed E-state index contributed by atoms with van der Waals surface area (Å²) in [4.78, 5) is 3.63. The van der Waals surface area contributed by atoms with E-state index in [2.05, 4.69) is 32.9 Å². The van der Waals surface area contributed by atoms with E-state index in [1.54, 1.807) is 6.07 Å². The van der Waals surface area contributed by atoms with E-state index in [1.165, 1.54) is 6.20 Å². The van der Waals surface area contributed by atoms with E-state index in [1.807, 2.05) is 0 Å². The summed E-state index contributed by atoms with van der Waals surface area (Å²) in [7, 11) is 0. The molecule has 1 heterocycles. The fourth-order valence-electron chi connectivity index (χ4n) is 2.23. The molecule has 0 bridgehead atoms. The van der Waals surface area contributed by atoms with Crippen LogP contribution >= 0.6 is 22.6 Å². The molecule has 0 atom stereocenters. The summed E-state index contributed by atoms with van der Waals surface area (Å²) in [5.41, 5.74) is -0.0147. The van der Waals surface area contributed by atoms with Gasteiger partial charge in [-0.2, -0.15) is 4.39 Å². The van der Waals surface area contributed by atoms with Crippen LogP contribution < -0.4 is 5.32 Å². The summed E-state index contributed by atoms with van der Waals surface area (Å²) in [6, 6.07) is 1.78. The molecule has 2 rings (SSSR count). The molecule has 1 aliphatic rings. The van der Waals surface area contributed by atoms with Crippen LogP contribution in [0.5, 0.6) is 0 Å². The van der Waals surface area contributed by atoms with Gasteiger partial charge in [0.25, 0.3) is 0 Å². The van der Waals surface area contributed by atoms with E-state index in [-0.39, 0.29) is 0 Å². The van der Waals surface area contributed by atoms with Gasteiger partial charge in [0, 0.05) is 28.4 Å². The van der Waals surface area contributed by atoms with Gasteiger partial charge in [-0.15, -0.1) is 0 Å². The highest BCUT2D eigenvalue weighted by atomic mass is 127. The summed E-state index contributed by atoms with van der Waals surface area (Å²) in [6.45, 7) is 0.942. The van der Waals surface area contributed by atoms with E-state index in [9.17, 15) is 9.50 Å². The molecule has 2 N–H and O–H groups in total. The van der Waals surface area contributed by atoms with Gasteiger partial charge in [-0.25, -0.2) is 4.98 Å². The first-order valence-electron chi connectivity index (χ1n) is 5.83. The minimum absolute atomic E-state index is 0.417. The molecule has 0 saturated heterocycles. The molecular formula is C12H16FIN2O. The van der Waals surface area contributed by atoms with Gasteiger partial charge < -0.3 is 10.4 Å². The zero-order valence-electron chi connectivity index (χ0n) is 9.55. The van der Waals surface area contributed by atoms with Gasteiger partial charge >= 0.3 is 0 Å². The quantitative estimate of drug-likeness (QED) is 0.647. The molecule has 0 amide bonds. The number of halogens is 2. The Morgan fingerprint density at radius 2 is 2.18 bits per heavy atom. The lowest BCUT2D eigenvalue weighted by Crippen LogP contribution is -2.37. The van der Waals surface area contributed by atoms with E-state index in [4.69, 9.17) is 0 Å². The molecule has 1 aromatic rings. The SMILES string of the molecule is OC1(CNCc2c(I)ccnc2F)CCCC1. The molecule has 94 valence electrons. The van der Waals surface area contributed by atoms with Crippen molar-refractivity contribution >= 4 is 22.6 Å². The summed E-state index contributed by atoms with van der Waals surface area (Å²) in [5.74, 6) is -0.428. The Morgan fingerprint density at radius 3 is 2.82 bits per heavy atom. The Kier molecular flexibility index (Phi) is 4.32. The normalized spacial score (nSPS) is 18.5. The number of hydrogen-bond acceptors (Lipinski definition) is 3. The summed E-state index contributed by atoms with van der Waals surface area (Å²) in [6.07, 6.45) is 5.30. The van der Waals surface area contributed by atoms with Crippen molar-refractivity contribution in [3.63, 3.8) is 0 Å². The second-order valence-electron chi connectivity index (χ2n) is 4.60. The third-order valence-electron chi connectivity index (χ3n) is 3.24. The molecular weight excluding hydrogens is 334 g/mol. The number of rotatable bonds is 4. The molecule has 0 unspecified atom stereocenters. The van der Waals surface area contributed by atoms with Crippen LogP contribution in [0.3, 0.4) is 0 Å². The first-order chi connectivity index (χ1) is 8.11. The highest BCUT2D eigenvalue weighted by Gasteiger charge is 2.30. The number of pyridine rings is 1. The van der Waals surface area contributed by atoms with Gasteiger partial charge in [-0.05, 0) is 41.5 Å². The topological polar surface area (TPSA) is 45.1 Å². The largest absolute Gasteiger partial charge is 0.389 e. The predicted molar refractivity (Wildman–Crippen MR) is 72.0 cm³/mol. The number of aliphatic hydroxyl groups is 1. The first kappa shape index (κ1) is 13.2. The van der Waals surface area contributed by atoms with Crippen LogP contribution in [-0.2, 0) is 6.54 Å². The van der Waals surface area contributed by atoms with Gasteiger partial charge in [0.15, 0.2) is 0 Å². The highest BCUT2D eigenvalue weighted by Crippen LogP contribution is 2.28. The van der Waals surface area contributed by atoms with Crippen molar-refractivity contribution in [2.24, 2.45) is 0 Å². The molecule has 1 aromatic heterocycles. The fourth-order valence-corrected chi connectivity index (χ4v) is 2.81. The Labute approximate surface area is 114 Å². The van der Waals surface area contributed by atoms with E-state index in [0.717, 1.165) is 29.3 Å². The standard InChI is InChI=1S/C12H16FIN2O/c13-11-9(10(14)3-6-16-11)7-15-8-12(17)4-1-2-5-12/h3,6,15,17H,1-2,4-5,7-8H2. The molecule has 1 fully saturated rings. The van der Waals surface area contributed by atoms with Crippen molar-refractivity contribution in [2.45, 2.75) is 37.8 Å². The van der Waals surface area contributed by atoms with Gasteiger partial charge in [0.05, 0.1) is 5.60 Å². The van der Waals surface area contributed by atoms with E-state index in [0.29, 0.717) is 18.7 Å². The highest BCUT2D eigenvalue weighted by molar-refractivity contribution is 14.1. The van der Waals surface area contributed by atoms with Crippen molar-refractivity contribution in [3.8, 4) is 0 Å². The molecule has 3 nitrogen and oxygen atoms in total. The van der Waals surface area contributed by atoms with Crippen LogP contribution in [0.1, 0.15) is 31.2 Å². The maximum Gasteiger partial charge on any atom is 0.218 e. The first-order valence-corrected chi connectivity index (χ1v) is 6.91. The number of nitrogens with one attached hydrogen (secondary N) is 1. The summed E-state index contributed by atoms with van der Waals surface area (Å²) < 4.78 is 14.3. The van der Waals surface area contributed by atoms with Crippen molar-refractivity contribution in [2.75, 3.05) is 6.54 Å². The third kappa shape index (κ3) is 3.35. The Morgan fingerprint density at radius 1 is 1.47 bits per heavy atom. The van der Waals surface area contributed by atoms with Crippen molar-refractivity contribution in [1.29, 1.82) is 0 Å². The lowest BCUT2D eigenvalue weighted by molar-refractivity contribution is 0.0474. The van der Waals surface area contributed by atoms with Gasteiger partial charge in [0.2, 0.25) is 5.95 Å². The molecule has 0 radical (unpaired) electrons. The van der Waals surface area contributed by atoms with Crippen LogP contribution in [0, 0.1) is 9.52 Å². The van der Waals surface area contributed by atoms with E-state index >= 15 is 0 Å². The Bertz CT molecular complexity index is 374. The van der Waals surface area contributed by atoms with Crippen LogP contribution in [0.4, 0.5) is 4.39 Å². The second kappa shape index (κ2) is 5.58. The minimum atomic E-state index is -0.593. The third-order valence-corrected chi connectivity index (χ3v) is 4.25. The minimum Gasteiger partial charge on any atom is -0.389 e. The summed E-state index contributed by atoms with van der Waals surface area (Å²) in [5, 5.41) is 13.3. The van der Waals surface area contributed by atoms with Crippen LogP contribution in [0.25, 0.3) is 0 Å². The van der Waals surface area contributed by atoms with Gasteiger partial charge in [0.1, 0.15) is 0 Å². The maximum atomic E-state index is 13.4. The molecule has 1 saturated carbocycles. The molecule has 1 aliphatic carbocycles. The van der Waals surface area contributed by atoms with Gasteiger partial charge in [-0.1, -0.05) is 12.8 Å².